The van der Waals surface area contributed by atoms with Crippen LogP contribution in [0.2, 0.25) is 0 Å². The molecule has 1 heterocycles. The van der Waals surface area contributed by atoms with Gasteiger partial charge in [-0.1, -0.05) is 0 Å². The molecule has 0 radical (unpaired) electrons. The van der Waals surface area contributed by atoms with Crippen LogP contribution in [-0.2, 0) is 11.3 Å². The van der Waals surface area contributed by atoms with E-state index < -0.39 is 11.8 Å². The minimum Gasteiger partial charge on any atom is -0.465 e. The molecule has 2 rings (SSSR count). The standard InChI is InChI=1S/C13H12FN3O2/c1-19-13(18)11-4-10(14)2-3-12(11)17-7-9-5-15-8-16-6-9/h2-6,8,17H,7H2,1H3. The number of carbonyl (C=O) groups excluding carboxylic acids is 1. The number of nitrogens with one attached hydrogen (secondary N) is 1. The van der Waals surface area contributed by atoms with Gasteiger partial charge in [-0.2, -0.15) is 0 Å². The number of esters is 1. The highest BCUT2D eigenvalue weighted by molar-refractivity contribution is 5.95. The molecule has 1 aromatic carbocycles. The Morgan fingerprint density at radius 1 is 1.37 bits per heavy atom. The van der Waals surface area contributed by atoms with Crippen LogP contribution in [-0.4, -0.2) is 23.0 Å². The Morgan fingerprint density at radius 3 is 2.79 bits per heavy atom. The molecule has 0 bridgehead atoms. The molecular formula is C13H12FN3O2. The summed E-state index contributed by atoms with van der Waals surface area (Å²) in [6, 6.07) is 3.90. The normalized spacial score (nSPS) is 10.0. The van der Waals surface area contributed by atoms with E-state index in [-0.39, 0.29) is 5.56 Å². The number of ether oxygens (including phenoxy) is 1. The monoisotopic (exact) mass is 261 g/mol. The largest absolute Gasteiger partial charge is 0.465 e. The first-order valence-corrected chi connectivity index (χ1v) is 5.56. The highest BCUT2D eigenvalue weighted by Crippen LogP contribution is 2.18. The van der Waals surface area contributed by atoms with Crippen molar-refractivity contribution in [3.8, 4) is 0 Å². The average molecular weight is 261 g/mol. The first-order valence-electron chi connectivity index (χ1n) is 5.56. The topological polar surface area (TPSA) is 64.1 Å². The van der Waals surface area contributed by atoms with E-state index in [9.17, 15) is 9.18 Å². The molecule has 0 atom stereocenters. The number of halogens is 1. The second kappa shape index (κ2) is 5.90. The summed E-state index contributed by atoms with van der Waals surface area (Å²) in [6.45, 7) is 0.427. The van der Waals surface area contributed by atoms with E-state index in [1.165, 1.54) is 25.6 Å². The van der Waals surface area contributed by atoms with Crippen LogP contribution in [0.5, 0.6) is 0 Å². The number of aromatic nitrogens is 2. The Hall–Kier alpha value is -2.50. The molecular weight excluding hydrogens is 249 g/mol. The predicted molar refractivity (Wildman–Crippen MR) is 67.1 cm³/mol. The van der Waals surface area contributed by atoms with E-state index in [4.69, 9.17) is 0 Å². The smallest absolute Gasteiger partial charge is 0.340 e. The number of carbonyl (C=O) groups is 1. The molecule has 0 aliphatic heterocycles. The first-order chi connectivity index (χ1) is 9.20. The van der Waals surface area contributed by atoms with E-state index in [2.05, 4.69) is 20.0 Å². The van der Waals surface area contributed by atoms with Crippen LogP contribution in [0.25, 0.3) is 0 Å². The van der Waals surface area contributed by atoms with Gasteiger partial charge < -0.3 is 10.1 Å². The van der Waals surface area contributed by atoms with Crippen molar-refractivity contribution in [2.45, 2.75) is 6.54 Å². The minimum atomic E-state index is -0.591. The third-order valence-electron chi connectivity index (χ3n) is 2.48. The molecule has 0 saturated carbocycles. The lowest BCUT2D eigenvalue weighted by Gasteiger charge is -2.10. The Kier molecular flexibility index (Phi) is 4.02. The van der Waals surface area contributed by atoms with Crippen molar-refractivity contribution < 1.29 is 13.9 Å². The maximum atomic E-state index is 13.2. The zero-order chi connectivity index (χ0) is 13.7. The summed E-state index contributed by atoms with van der Waals surface area (Å²) in [5.74, 6) is -1.08. The predicted octanol–water partition coefficient (Wildman–Crippen LogP) is 2.01. The maximum Gasteiger partial charge on any atom is 0.340 e. The van der Waals surface area contributed by atoms with Gasteiger partial charge in [0.15, 0.2) is 0 Å². The van der Waals surface area contributed by atoms with Gasteiger partial charge in [0.25, 0.3) is 0 Å². The van der Waals surface area contributed by atoms with Crippen LogP contribution >= 0.6 is 0 Å². The van der Waals surface area contributed by atoms with Gasteiger partial charge in [-0.25, -0.2) is 19.2 Å². The third-order valence-corrected chi connectivity index (χ3v) is 2.48. The molecule has 1 aromatic heterocycles. The summed E-state index contributed by atoms with van der Waals surface area (Å²) < 4.78 is 17.8. The third kappa shape index (κ3) is 3.25. The van der Waals surface area contributed by atoms with Crippen LogP contribution in [0, 0.1) is 5.82 Å². The van der Waals surface area contributed by atoms with Crippen molar-refractivity contribution in [3.63, 3.8) is 0 Å². The van der Waals surface area contributed by atoms with Gasteiger partial charge >= 0.3 is 5.97 Å². The lowest BCUT2D eigenvalue weighted by atomic mass is 10.1. The Morgan fingerprint density at radius 2 is 2.11 bits per heavy atom. The molecule has 19 heavy (non-hydrogen) atoms. The van der Waals surface area contributed by atoms with Gasteiger partial charge in [0.2, 0.25) is 0 Å². The second-order valence-electron chi connectivity index (χ2n) is 3.78. The summed E-state index contributed by atoms with van der Waals surface area (Å²) in [7, 11) is 1.25. The summed E-state index contributed by atoms with van der Waals surface area (Å²) >= 11 is 0. The molecule has 0 fully saturated rings. The van der Waals surface area contributed by atoms with Crippen molar-refractivity contribution >= 4 is 11.7 Å². The Balaban J connectivity index is 2.18. The van der Waals surface area contributed by atoms with E-state index in [0.717, 1.165) is 11.6 Å². The van der Waals surface area contributed by atoms with Crippen LogP contribution < -0.4 is 5.32 Å². The van der Waals surface area contributed by atoms with Gasteiger partial charge in [0, 0.05) is 30.2 Å². The number of benzene rings is 1. The molecule has 0 aliphatic rings. The lowest BCUT2D eigenvalue weighted by molar-refractivity contribution is 0.0601. The fourth-order valence-electron chi connectivity index (χ4n) is 1.57. The average Bonchev–Trinajstić information content (AvgIpc) is 2.46. The fourth-order valence-corrected chi connectivity index (χ4v) is 1.57. The number of rotatable bonds is 4. The van der Waals surface area contributed by atoms with Gasteiger partial charge in [-0.3, -0.25) is 0 Å². The molecule has 98 valence electrons. The van der Waals surface area contributed by atoms with Crippen molar-refractivity contribution in [3.05, 3.63) is 53.9 Å². The van der Waals surface area contributed by atoms with Crippen LogP contribution in [0.4, 0.5) is 10.1 Å². The summed E-state index contributed by atoms with van der Waals surface area (Å²) in [6.07, 6.45) is 4.74. The molecule has 6 heteroatoms. The highest BCUT2D eigenvalue weighted by Gasteiger charge is 2.12. The molecule has 1 N–H and O–H groups in total. The van der Waals surface area contributed by atoms with Crippen molar-refractivity contribution in [2.75, 3.05) is 12.4 Å². The molecule has 5 nitrogen and oxygen atoms in total. The Bertz CT molecular complexity index is 575. The number of hydrogen-bond acceptors (Lipinski definition) is 5. The number of anilines is 1. The van der Waals surface area contributed by atoms with Gasteiger partial charge in [-0.15, -0.1) is 0 Å². The van der Waals surface area contributed by atoms with Crippen LogP contribution in [0.1, 0.15) is 15.9 Å². The molecule has 2 aromatic rings. The SMILES string of the molecule is COC(=O)c1cc(F)ccc1NCc1cncnc1. The van der Waals surface area contributed by atoms with Gasteiger partial charge in [0.1, 0.15) is 12.1 Å². The minimum absolute atomic E-state index is 0.152. The van der Waals surface area contributed by atoms with Gasteiger partial charge in [-0.05, 0) is 18.2 Å². The lowest BCUT2D eigenvalue weighted by Crippen LogP contribution is -2.09. The van der Waals surface area contributed by atoms with Crippen LogP contribution in [0.15, 0.2) is 36.9 Å². The van der Waals surface area contributed by atoms with E-state index >= 15 is 0 Å². The van der Waals surface area contributed by atoms with E-state index in [1.807, 2.05) is 0 Å². The molecule has 0 amide bonds. The van der Waals surface area contributed by atoms with E-state index in [1.54, 1.807) is 12.4 Å². The molecule has 0 spiro atoms. The summed E-state index contributed by atoms with van der Waals surface area (Å²) in [4.78, 5) is 19.3. The molecule has 0 unspecified atom stereocenters. The second-order valence-corrected chi connectivity index (χ2v) is 3.78. The zero-order valence-corrected chi connectivity index (χ0v) is 10.3. The van der Waals surface area contributed by atoms with Crippen LogP contribution in [0.3, 0.4) is 0 Å². The van der Waals surface area contributed by atoms with Crippen molar-refractivity contribution in [2.24, 2.45) is 0 Å². The number of nitrogens with zero attached hydrogens (tertiary/aromatic N) is 2. The van der Waals surface area contributed by atoms with Crippen molar-refractivity contribution in [1.82, 2.24) is 9.97 Å². The maximum absolute atomic E-state index is 13.2. The van der Waals surface area contributed by atoms with Gasteiger partial charge in [0.05, 0.1) is 12.7 Å². The highest BCUT2D eigenvalue weighted by atomic mass is 19.1. The number of methoxy groups -OCH3 is 1. The fraction of sp³-hybridized carbons (Fsp3) is 0.154. The van der Waals surface area contributed by atoms with Crippen molar-refractivity contribution in [1.29, 1.82) is 0 Å². The first kappa shape index (κ1) is 12.9. The quantitative estimate of drug-likeness (QED) is 0.853. The molecule has 0 saturated heterocycles. The summed E-state index contributed by atoms with van der Waals surface area (Å²) in [5.41, 5.74) is 1.50. The number of hydrogen-bond donors (Lipinski definition) is 1. The molecule has 0 aliphatic carbocycles. The zero-order valence-electron chi connectivity index (χ0n) is 10.3. The van der Waals surface area contributed by atoms with E-state index in [0.29, 0.717) is 12.2 Å². The summed E-state index contributed by atoms with van der Waals surface area (Å²) in [5, 5.41) is 3.02. The Labute approximate surface area is 109 Å².